The zero-order chi connectivity index (χ0) is 65.8. The number of rotatable bonds is 11. The van der Waals surface area contributed by atoms with Crippen LogP contribution in [0.5, 0.6) is 0 Å². The second-order valence-electron chi connectivity index (χ2n) is 22.4. The van der Waals surface area contributed by atoms with Gasteiger partial charge in [-0.15, -0.1) is 0 Å². The molecule has 26 heteroatoms. The summed E-state index contributed by atoms with van der Waals surface area (Å²) in [4.78, 5) is 98.9. The topological polar surface area (TPSA) is 319 Å². The Balaban J connectivity index is 0.000000200. The van der Waals surface area contributed by atoms with Crippen LogP contribution in [-0.4, -0.2) is 132 Å². The molecule has 504 valence electrons. The van der Waals surface area contributed by atoms with E-state index in [2.05, 4.69) is 24.9 Å². The van der Waals surface area contributed by atoms with Crippen molar-refractivity contribution in [3.05, 3.63) is 248 Å². The molecule has 4 amide bonds. The Hall–Kier alpha value is -9.63. The summed E-state index contributed by atoms with van der Waals surface area (Å²) in [5.41, 5.74) is 0.541. The molecule has 4 aliphatic rings. The largest absolute Gasteiger partial charge is 0.451 e. The summed E-state index contributed by atoms with van der Waals surface area (Å²) in [6.45, 7) is 4.51. The number of esters is 2. The number of aromatic amines is 1. The number of carbonyl (C=O) groups is 6. The van der Waals surface area contributed by atoms with Crippen molar-refractivity contribution in [3.8, 4) is 0 Å². The van der Waals surface area contributed by atoms with Crippen molar-refractivity contribution in [1.82, 2.24) is 29.5 Å². The normalized spacial score (nSPS) is 21.9. The quantitative estimate of drug-likeness (QED) is 0.0518. The highest BCUT2D eigenvalue weighted by molar-refractivity contribution is 6.42. The highest BCUT2D eigenvalue weighted by Crippen LogP contribution is 2.47. The summed E-state index contributed by atoms with van der Waals surface area (Å²) in [5.74, 6) is -2.70. The monoisotopic (exact) mass is 1380 g/mol. The van der Waals surface area contributed by atoms with Crippen molar-refractivity contribution in [2.24, 2.45) is 0 Å². The summed E-state index contributed by atoms with van der Waals surface area (Å²) in [6.07, 6.45) is -5.05. The van der Waals surface area contributed by atoms with E-state index < -0.39 is 84.1 Å². The molecule has 97 heavy (non-hydrogen) atoms. The number of nitrogens with zero attached hydrogens (tertiary/aromatic N) is 7. The fraction of sp³-hybridized carbons (Fsp3) is 0.239. The van der Waals surface area contributed by atoms with Crippen LogP contribution < -0.4 is 9.80 Å². The van der Waals surface area contributed by atoms with E-state index in [1.165, 1.54) is 43.2 Å². The zero-order valence-electron chi connectivity index (χ0n) is 49.0. The smallest absolute Gasteiger partial charge is 0.338 e. The number of carbonyl (C=O) groups excluding carboxylic acids is 6. The average Bonchev–Trinajstić information content (AvgIpc) is 1.60. The minimum Gasteiger partial charge on any atom is -0.451 e. The first kappa shape index (κ1) is 73.2. The van der Waals surface area contributed by atoms with E-state index in [1.807, 2.05) is 6.92 Å². The van der Waals surface area contributed by atoms with Crippen LogP contribution in [0.15, 0.2) is 183 Å². The number of anilines is 2. The third kappa shape index (κ3) is 13.5. The summed E-state index contributed by atoms with van der Waals surface area (Å²) >= 11 is 18.5. The third-order valence-corrected chi connectivity index (χ3v) is 17.5. The molecular formula is C71H69Cl3N8O15. The summed E-state index contributed by atoms with van der Waals surface area (Å²) in [6, 6.07) is 42.9. The lowest BCUT2D eigenvalue weighted by atomic mass is 9.88. The van der Waals surface area contributed by atoms with Crippen LogP contribution >= 0.6 is 34.8 Å². The lowest BCUT2D eigenvalue weighted by Crippen LogP contribution is -2.48. The van der Waals surface area contributed by atoms with Gasteiger partial charge in [-0.05, 0) is 116 Å². The number of ether oxygens (including phenoxy) is 4. The van der Waals surface area contributed by atoms with Crippen molar-refractivity contribution in [2.75, 3.05) is 9.80 Å². The molecule has 2 saturated heterocycles. The van der Waals surface area contributed by atoms with Crippen LogP contribution in [0.2, 0.25) is 15.1 Å². The minimum atomic E-state index is -1.95. The maximum absolute atomic E-state index is 13.3. The molecule has 6 N–H and O–H groups in total. The first-order chi connectivity index (χ1) is 44.6. The van der Waals surface area contributed by atoms with Crippen molar-refractivity contribution in [1.29, 1.82) is 0 Å². The predicted molar refractivity (Wildman–Crippen MR) is 363 cm³/mol. The number of hydrogen-bond acceptors (Lipinski definition) is 19. The molecule has 4 aliphatic heterocycles. The van der Waals surface area contributed by atoms with Crippen molar-refractivity contribution in [3.63, 3.8) is 0 Å². The Kier molecular flexibility index (Phi) is 22.2. The van der Waals surface area contributed by atoms with Gasteiger partial charge in [0.15, 0.2) is 36.4 Å². The van der Waals surface area contributed by atoms with Crippen molar-refractivity contribution < 1.29 is 73.2 Å². The molecule has 0 aliphatic carbocycles. The number of aryl methyl sites for hydroxylation is 1. The van der Waals surface area contributed by atoms with E-state index >= 15 is 0 Å². The molecule has 10 atom stereocenters. The summed E-state index contributed by atoms with van der Waals surface area (Å²) < 4.78 is 24.7. The number of aliphatic hydroxyl groups excluding tert-OH is 3. The van der Waals surface area contributed by atoms with Gasteiger partial charge in [0.1, 0.15) is 59.6 Å². The lowest BCUT2D eigenvalue weighted by molar-refractivity contribution is -0.150. The molecule has 0 bridgehead atoms. The lowest BCUT2D eigenvalue weighted by Gasteiger charge is -2.32. The van der Waals surface area contributed by atoms with E-state index in [9.17, 15) is 54.3 Å². The Morgan fingerprint density at radius 1 is 0.536 bits per heavy atom. The number of imide groups is 2. The van der Waals surface area contributed by atoms with Crippen LogP contribution in [-0.2, 0) is 18.9 Å². The predicted octanol–water partition coefficient (Wildman–Crippen LogP) is 11.8. The van der Waals surface area contributed by atoms with Gasteiger partial charge in [-0.1, -0.05) is 143 Å². The molecule has 0 saturated carbocycles. The molecule has 1 unspecified atom stereocenters. The molecule has 0 radical (unpaired) electrons. The molecule has 10 aromatic rings. The number of nitrogens with one attached hydrogen (secondary N) is 1. The SMILES string of the molecule is C.C.C.C.C[C@@]1(O)[C@@H]([C@H](OC(=O)c2ccccc2)c2ccc(Cl)c(Cl)c2)OC(O)[C@@H]1O.Cc1ccc([C@@H](OC(=O)c2ccccc2)[C@H]2O[C@@H](n3ccc4c(N5C(=O)c6ccccc6C5=O)ncnc43)[C@H](O)[C@]2(C)O)cc1Cl.O=C1c2ccccc2C(=O)N1c1ncnc2[nH]ccc12. The van der Waals surface area contributed by atoms with E-state index in [-0.39, 0.29) is 74.7 Å². The van der Waals surface area contributed by atoms with Gasteiger partial charge in [-0.3, -0.25) is 19.2 Å². The maximum Gasteiger partial charge on any atom is 0.338 e. The third-order valence-electron chi connectivity index (χ3n) is 16.4. The number of halogens is 3. The van der Waals surface area contributed by atoms with Gasteiger partial charge in [-0.25, -0.2) is 39.3 Å². The number of aliphatic hydroxyl groups is 5. The van der Waals surface area contributed by atoms with E-state index in [0.717, 1.165) is 15.4 Å². The van der Waals surface area contributed by atoms with Gasteiger partial charge >= 0.3 is 11.9 Å². The van der Waals surface area contributed by atoms with Gasteiger partial charge in [-0.2, -0.15) is 0 Å². The second kappa shape index (κ2) is 29.4. The Labute approximate surface area is 572 Å². The summed E-state index contributed by atoms with van der Waals surface area (Å²) in [7, 11) is 0. The van der Waals surface area contributed by atoms with Crippen molar-refractivity contribution in [2.45, 2.75) is 111 Å². The molecule has 8 heterocycles. The number of hydrogen-bond donors (Lipinski definition) is 6. The number of amides is 4. The fourth-order valence-corrected chi connectivity index (χ4v) is 11.8. The first-order valence-corrected chi connectivity index (χ1v) is 29.8. The van der Waals surface area contributed by atoms with Crippen LogP contribution in [0.3, 0.4) is 0 Å². The van der Waals surface area contributed by atoms with E-state index in [4.69, 9.17) is 53.8 Å². The second-order valence-corrected chi connectivity index (χ2v) is 23.6. The number of fused-ring (bicyclic) bond motifs is 4. The van der Waals surface area contributed by atoms with E-state index in [1.54, 1.807) is 158 Å². The number of aromatic nitrogens is 6. The standard InChI is InChI=1S/C34H27ClN4O7.C19H18Cl2O6.C14H8N4O2.4CH4/c1-18-12-13-20(16-24(18)35)25(45-33(43)19-8-4-3-5-9-19)27-34(2,44)26(40)32(46-27)38-15-14-23-28(38)36-17-37-29(23)39-30(41)21-10-6-7-11-22(21)31(39)42;1-19(25)15(22)18(24)27-16(19)14(11-7-8-12(20)13(21)9-11)26-17(23)10-5-3-2-4-6-10;19-13-8-3-1-2-4-9(8)14(20)18(13)12-10-5-6-15-11(10)16-7-17-12;;;;/h3-17,25-27,32,40,44H,1-2H3;2-9,14-16,18,22,24-25H,1H3;1-7H,(H,15,16,17);4*1H4/t25-,26+,27-,32-,34+;14-,15+,16-,18?,19+;;;;;/m11...../s1. The maximum atomic E-state index is 13.3. The van der Waals surface area contributed by atoms with Gasteiger partial charge < -0.3 is 54.0 Å². The molecule has 14 rings (SSSR count). The van der Waals surface area contributed by atoms with Crippen LogP contribution in [0.4, 0.5) is 11.6 Å². The molecule has 0 spiro atoms. The minimum absolute atomic E-state index is 0. The Morgan fingerprint density at radius 3 is 1.45 bits per heavy atom. The molecule has 2 fully saturated rings. The zero-order valence-corrected chi connectivity index (χ0v) is 51.3. The van der Waals surface area contributed by atoms with Gasteiger partial charge in [0.2, 0.25) is 0 Å². The molecule has 23 nitrogen and oxygen atoms in total. The van der Waals surface area contributed by atoms with Crippen LogP contribution in [0, 0.1) is 6.92 Å². The van der Waals surface area contributed by atoms with Gasteiger partial charge in [0, 0.05) is 17.4 Å². The number of H-pyrrole nitrogens is 1. The Bertz CT molecular complexity index is 4520. The van der Waals surface area contributed by atoms with Crippen LogP contribution in [0.1, 0.15) is 141 Å². The first-order valence-electron chi connectivity index (χ1n) is 28.6. The Morgan fingerprint density at radius 2 is 0.979 bits per heavy atom. The molecule has 6 aromatic carbocycles. The van der Waals surface area contributed by atoms with Gasteiger partial charge in [0.25, 0.3) is 23.6 Å². The van der Waals surface area contributed by atoms with Gasteiger partial charge in [0.05, 0.1) is 54.2 Å². The number of benzene rings is 6. The molecular weight excluding hydrogens is 1310 g/mol. The molecule has 4 aromatic heterocycles. The highest BCUT2D eigenvalue weighted by atomic mass is 35.5. The van der Waals surface area contributed by atoms with E-state index in [0.29, 0.717) is 60.1 Å². The fourth-order valence-electron chi connectivity index (χ4n) is 11.4. The summed E-state index contributed by atoms with van der Waals surface area (Å²) in [5, 5.41) is 55.7. The average molecular weight is 1380 g/mol. The highest BCUT2D eigenvalue weighted by Gasteiger charge is 2.58. The van der Waals surface area contributed by atoms with Crippen molar-refractivity contribution >= 4 is 104 Å². The van der Waals surface area contributed by atoms with Crippen LogP contribution in [0.25, 0.3) is 22.1 Å².